The highest BCUT2D eigenvalue weighted by molar-refractivity contribution is 5.64. The van der Waals surface area contributed by atoms with Gasteiger partial charge in [-0.2, -0.15) is 0 Å². The minimum absolute atomic E-state index is 0.0146. The molecule has 0 saturated carbocycles. The van der Waals surface area contributed by atoms with Gasteiger partial charge in [0.2, 0.25) is 0 Å². The SMILES string of the molecule is CNN(C(=O)O)C(C)CC1CCCOC1. The number of nitrogens with one attached hydrogen (secondary N) is 1. The van der Waals surface area contributed by atoms with Crippen LogP contribution in [0.3, 0.4) is 0 Å². The third-order valence-corrected chi connectivity index (χ3v) is 2.82. The quantitative estimate of drug-likeness (QED) is 0.695. The maximum absolute atomic E-state index is 10.8. The zero-order chi connectivity index (χ0) is 11.3. The molecule has 2 N–H and O–H groups in total. The zero-order valence-corrected chi connectivity index (χ0v) is 9.40. The summed E-state index contributed by atoms with van der Waals surface area (Å²) in [6, 6.07) is -0.0146. The molecule has 1 heterocycles. The summed E-state index contributed by atoms with van der Waals surface area (Å²) in [6.45, 7) is 3.53. The normalized spacial score (nSPS) is 23.5. The van der Waals surface area contributed by atoms with Gasteiger partial charge in [0, 0.05) is 26.3 Å². The molecular weight excluding hydrogens is 196 g/mol. The summed E-state index contributed by atoms with van der Waals surface area (Å²) >= 11 is 0. The predicted molar refractivity (Wildman–Crippen MR) is 56.5 cm³/mol. The van der Waals surface area contributed by atoms with Gasteiger partial charge < -0.3 is 9.84 Å². The molecule has 2 atom stereocenters. The molecule has 0 aliphatic carbocycles. The molecule has 0 spiro atoms. The lowest BCUT2D eigenvalue weighted by molar-refractivity contribution is 0.0339. The van der Waals surface area contributed by atoms with Crippen LogP contribution in [0.15, 0.2) is 0 Å². The van der Waals surface area contributed by atoms with E-state index in [2.05, 4.69) is 5.43 Å². The Labute approximate surface area is 90.4 Å². The summed E-state index contributed by atoms with van der Waals surface area (Å²) in [4.78, 5) is 10.8. The number of hydrazine groups is 1. The van der Waals surface area contributed by atoms with E-state index in [1.807, 2.05) is 6.92 Å². The monoisotopic (exact) mass is 216 g/mol. The Morgan fingerprint density at radius 2 is 2.47 bits per heavy atom. The van der Waals surface area contributed by atoms with Crippen LogP contribution in [0, 0.1) is 5.92 Å². The highest BCUT2D eigenvalue weighted by Gasteiger charge is 2.23. The van der Waals surface area contributed by atoms with Crippen LogP contribution < -0.4 is 5.43 Å². The van der Waals surface area contributed by atoms with Gasteiger partial charge in [-0.25, -0.2) is 15.2 Å². The fraction of sp³-hybridized carbons (Fsp3) is 0.900. The van der Waals surface area contributed by atoms with Crippen LogP contribution in [0.25, 0.3) is 0 Å². The van der Waals surface area contributed by atoms with Crippen molar-refractivity contribution >= 4 is 6.09 Å². The van der Waals surface area contributed by atoms with E-state index in [1.165, 1.54) is 5.01 Å². The van der Waals surface area contributed by atoms with Crippen LogP contribution >= 0.6 is 0 Å². The number of hydrogen-bond donors (Lipinski definition) is 2. The first-order chi connectivity index (χ1) is 7.15. The van der Waals surface area contributed by atoms with Crippen molar-refractivity contribution in [1.29, 1.82) is 0 Å². The van der Waals surface area contributed by atoms with E-state index in [0.717, 1.165) is 32.5 Å². The number of rotatable bonds is 4. The van der Waals surface area contributed by atoms with Gasteiger partial charge in [-0.1, -0.05) is 0 Å². The Morgan fingerprint density at radius 1 is 1.73 bits per heavy atom. The predicted octanol–water partition coefficient (Wildman–Crippen LogP) is 1.31. The van der Waals surface area contributed by atoms with E-state index in [0.29, 0.717) is 5.92 Å². The van der Waals surface area contributed by atoms with Crippen molar-refractivity contribution < 1.29 is 14.6 Å². The van der Waals surface area contributed by atoms with Gasteiger partial charge >= 0.3 is 6.09 Å². The molecule has 1 amide bonds. The van der Waals surface area contributed by atoms with Gasteiger partial charge in [-0.3, -0.25) is 0 Å². The summed E-state index contributed by atoms with van der Waals surface area (Å²) in [5.41, 5.74) is 2.68. The van der Waals surface area contributed by atoms with Crippen molar-refractivity contribution in [1.82, 2.24) is 10.4 Å². The van der Waals surface area contributed by atoms with Crippen molar-refractivity contribution in [2.75, 3.05) is 20.3 Å². The summed E-state index contributed by atoms with van der Waals surface area (Å²) in [7, 11) is 1.63. The lowest BCUT2D eigenvalue weighted by Crippen LogP contribution is -2.46. The number of amides is 1. The molecule has 15 heavy (non-hydrogen) atoms. The molecule has 0 radical (unpaired) electrons. The first-order valence-electron chi connectivity index (χ1n) is 5.42. The smallest absolute Gasteiger partial charge is 0.422 e. The van der Waals surface area contributed by atoms with Gasteiger partial charge in [-0.05, 0) is 32.1 Å². The highest BCUT2D eigenvalue weighted by atomic mass is 16.5. The Morgan fingerprint density at radius 3 is 2.93 bits per heavy atom. The Balaban J connectivity index is 2.38. The van der Waals surface area contributed by atoms with Gasteiger partial charge in [0.25, 0.3) is 0 Å². The second kappa shape index (κ2) is 5.92. The van der Waals surface area contributed by atoms with E-state index >= 15 is 0 Å². The van der Waals surface area contributed by atoms with Crippen LogP contribution in [0.2, 0.25) is 0 Å². The van der Waals surface area contributed by atoms with E-state index in [9.17, 15) is 4.79 Å². The minimum Gasteiger partial charge on any atom is -0.464 e. The molecule has 88 valence electrons. The summed E-state index contributed by atoms with van der Waals surface area (Å²) < 4.78 is 5.37. The third-order valence-electron chi connectivity index (χ3n) is 2.82. The molecule has 0 aromatic rings. The summed E-state index contributed by atoms with van der Waals surface area (Å²) in [5.74, 6) is 0.490. The Bertz CT molecular complexity index is 205. The van der Waals surface area contributed by atoms with Crippen LogP contribution in [-0.4, -0.2) is 42.5 Å². The maximum Gasteiger partial charge on any atom is 0.422 e. The largest absolute Gasteiger partial charge is 0.464 e. The molecule has 2 unspecified atom stereocenters. The first-order valence-corrected chi connectivity index (χ1v) is 5.42. The average molecular weight is 216 g/mol. The molecule has 1 aliphatic rings. The molecule has 1 aliphatic heterocycles. The molecule has 5 nitrogen and oxygen atoms in total. The van der Waals surface area contributed by atoms with Crippen molar-refractivity contribution in [3.63, 3.8) is 0 Å². The van der Waals surface area contributed by atoms with Crippen LogP contribution in [0.1, 0.15) is 26.2 Å². The van der Waals surface area contributed by atoms with E-state index in [-0.39, 0.29) is 6.04 Å². The first kappa shape index (κ1) is 12.3. The van der Waals surface area contributed by atoms with Gasteiger partial charge in [0.1, 0.15) is 0 Å². The average Bonchev–Trinajstić information content (AvgIpc) is 2.19. The van der Waals surface area contributed by atoms with E-state index in [4.69, 9.17) is 9.84 Å². The highest BCUT2D eigenvalue weighted by Crippen LogP contribution is 2.20. The summed E-state index contributed by atoms with van der Waals surface area (Å²) in [6.07, 6.45) is 2.15. The number of hydrogen-bond acceptors (Lipinski definition) is 3. The van der Waals surface area contributed by atoms with E-state index < -0.39 is 6.09 Å². The van der Waals surface area contributed by atoms with Gasteiger partial charge in [0.15, 0.2) is 0 Å². The van der Waals surface area contributed by atoms with Crippen LogP contribution in [-0.2, 0) is 4.74 Å². The Kier molecular flexibility index (Phi) is 4.84. The number of ether oxygens (including phenoxy) is 1. The molecule has 1 saturated heterocycles. The van der Waals surface area contributed by atoms with Crippen LogP contribution in [0.5, 0.6) is 0 Å². The molecule has 1 fully saturated rings. The van der Waals surface area contributed by atoms with Crippen molar-refractivity contribution in [3.8, 4) is 0 Å². The zero-order valence-electron chi connectivity index (χ0n) is 9.40. The standard InChI is InChI=1S/C10H20N2O3/c1-8(12(11-2)10(13)14)6-9-4-3-5-15-7-9/h8-9,11H,3-7H2,1-2H3,(H,13,14). The fourth-order valence-electron chi connectivity index (χ4n) is 2.09. The lowest BCUT2D eigenvalue weighted by atomic mass is 9.95. The number of nitrogens with zero attached hydrogens (tertiary/aromatic N) is 1. The molecule has 1 rings (SSSR count). The van der Waals surface area contributed by atoms with Crippen LogP contribution in [0.4, 0.5) is 4.79 Å². The van der Waals surface area contributed by atoms with Crippen molar-refractivity contribution in [3.05, 3.63) is 0 Å². The Hall–Kier alpha value is -0.810. The maximum atomic E-state index is 10.8. The van der Waals surface area contributed by atoms with Crippen molar-refractivity contribution in [2.24, 2.45) is 5.92 Å². The number of carboxylic acid groups (broad SMARTS) is 1. The molecular formula is C10H20N2O3. The van der Waals surface area contributed by atoms with E-state index in [1.54, 1.807) is 7.05 Å². The molecule has 0 bridgehead atoms. The molecule has 0 aromatic carbocycles. The lowest BCUT2D eigenvalue weighted by Gasteiger charge is -2.30. The fourth-order valence-corrected chi connectivity index (χ4v) is 2.09. The minimum atomic E-state index is -0.929. The second-order valence-corrected chi connectivity index (χ2v) is 4.04. The van der Waals surface area contributed by atoms with Crippen molar-refractivity contribution in [2.45, 2.75) is 32.2 Å². The third kappa shape index (κ3) is 3.68. The van der Waals surface area contributed by atoms with Gasteiger partial charge in [0.05, 0.1) is 0 Å². The molecule has 0 aromatic heterocycles. The second-order valence-electron chi connectivity index (χ2n) is 4.04. The molecule has 5 heteroatoms. The number of carbonyl (C=O) groups is 1. The van der Waals surface area contributed by atoms with Gasteiger partial charge in [-0.15, -0.1) is 0 Å². The summed E-state index contributed by atoms with van der Waals surface area (Å²) in [5, 5.41) is 10.1. The topological polar surface area (TPSA) is 61.8 Å².